The Morgan fingerprint density at radius 3 is 2.60 bits per heavy atom. The molecule has 0 aliphatic carbocycles. The molecule has 10 heteroatoms. The fourth-order valence-electron chi connectivity index (χ4n) is 3.25. The van der Waals surface area contributed by atoms with E-state index in [1.807, 2.05) is 6.07 Å². The van der Waals surface area contributed by atoms with Crippen molar-refractivity contribution in [1.82, 2.24) is 4.31 Å². The lowest BCUT2D eigenvalue weighted by Gasteiger charge is -2.27. The van der Waals surface area contributed by atoms with Gasteiger partial charge < -0.3 is 24.3 Å². The van der Waals surface area contributed by atoms with Gasteiger partial charge >= 0.3 is 0 Å². The fourth-order valence-corrected chi connectivity index (χ4v) is 4.84. The number of hydrogen-bond acceptors (Lipinski definition) is 7. The predicted molar refractivity (Wildman–Crippen MR) is 108 cm³/mol. The van der Waals surface area contributed by atoms with Gasteiger partial charge in [-0.15, -0.1) is 0 Å². The van der Waals surface area contributed by atoms with Crippen LogP contribution in [0.5, 0.6) is 17.2 Å². The molecule has 1 saturated heterocycles. The quantitative estimate of drug-likeness (QED) is 0.761. The molecular weight excluding hydrogens is 412 g/mol. The van der Waals surface area contributed by atoms with Gasteiger partial charge in [-0.25, -0.2) is 8.42 Å². The second kappa shape index (κ2) is 8.50. The van der Waals surface area contributed by atoms with Gasteiger partial charge in [0.2, 0.25) is 16.1 Å². The summed E-state index contributed by atoms with van der Waals surface area (Å²) in [7, 11) is -2.41. The van der Waals surface area contributed by atoms with Crippen LogP contribution in [0, 0.1) is 0 Å². The first-order valence-corrected chi connectivity index (χ1v) is 10.9. The molecule has 2 aliphatic rings. The monoisotopic (exact) mass is 434 g/mol. The van der Waals surface area contributed by atoms with Crippen LogP contribution in [-0.4, -0.2) is 64.8 Å². The molecule has 2 heterocycles. The molecule has 0 bridgehead atoms. The van der Waals surface area contributed by atoms with Crippen LogP contribution in [0.4, 0.5) is 5.69 Å². The van der Waals surface area contributed by atoms with Crippen molar-refractivity contribution in [2.75, 3.05) is 45.3 Å². The van der Waals surface area contributed by atoms with E-state index in [4.69, 9.17) is 18.9 Å². The molecule has 160 valence electrons. The Hall–Kier alpha value is -2.82. The van der Waals surface area contributed by atoms with Crippen molar-refractivity contribution in [3.63, 3.8) is 0 Å². The van der Waals surface area contributed by atoms with Crippen LogP contribution >= 0.6 is 0 Å². The number of benzene rings is 2. The number of rotatable bonds is 5. The van der Waals surface area contributed by atoms with E-state index in [1.165, 1.54) is 23.5 Å². The third-order valence-electron chi connectivity index (χ3n) is 4.82. The number of anilines is 1. The number of fused-ring (bicyclic) bond motifs is 1. The van der Waals surface area contributed by atoms with Crippen LogP contribution < -0.4 is 19.5 Å². The van der Waals surface area contributed by atoms with Gasteiger partial charge in [0.15, 0.2) is 11.5 Å². The maximum Gasteiger partial charge on any atom is 0.269 e. The van der Waals surface area contributed by atoms with E-state index < -0.39 is 22.0 Å². The maximum atomic E-state index is 13.1. The molecule has 30 heavy (non-hydrogen) atoms. The third-order valence-corrected chi connectivity index (χ3v) is 6.74. The van der Waals surface area contributed by atoms with Gasteiger partial charge in [0.1, 0.15) is 17.3 Å². The SMILES string of the molecule is COc1ccc(NC(=O)[C@@H]2COc3ccccc3O2)cc1S(=O)(=O)N1CCOCC1. The molecule has 2 aromatic rings. The van der Waals surface area contributed by atoms with E-state index in [1.54, 1.807) is 24.3 Å². The van der Waals surface area contributed by atoms with E-state index in [0.29, 0.717) is 30.4 Å². The molecule has 0 spiro atoms. The normalized spacial score (nSPS) is 19.2. The fraction of sp³-hybridized carbons (Fsp3) is 0.350. The van der Waals surface area contributed by atoms with Gasteiger partial charge in [0.05, 0.1) is 20.3 Å². The summed E-state index contributed by atoms with van der Waals surface area (Å²) in [6.07, 6.45) is -0.860. The van der Waals surface area contributed by atoms with Gasteiger partial charge in [0.25, 0.3) is 5.91 Å². The number of morpholine rings is 1. The number of methoxy groups -OCH3 is 1. The summed E-state index contributed by atoms with van der Waals surface area (Å²) in [5.41, 5.74) is 0.315. The molecule has 1 atom stereocenters. The number of hydrogen-bond donors (Lipinski definition) is 1. The summed E-state index contributed by atoms with van der Waals surface area (Å²) >= 11 is 0. The number of carbonyl (C=O) groups is 1. The molecule has 1 fully saturated rings. The molecule has 0 radical (unpaired) electrons. The number of nitrogens with one attached hydrogen (secondary N) is 1. The number of ether oxygens (including phenoxy) is 4. The van der Waals surface area contributed by atoms with Crippen molar-refractivity contribution in [2.24, 2.45) is 0 Å². The molecule has 0 saturated carbocycles. The zero-order chi connectivity index (χ0) is 21.1. The Kier molecular flexibility index (Phi) is 5.80. The van der Waals surface area contributed by atoms with Crippen molar-refractivity contribution in [3.05, 3.63) is 42.5 Å². The molecule has 2 aromatic carbocycles. The van der Waals surface area contributed by atoms with E-state index in [-0.39, 0.29) is 30.3 Å². The van der Waals surface area contributed by atoms with E-state index in [9.17, 15) is 13.2 Å². The Balaban J connectivity index is 1.54. The summed E-state index contributed by atoms with van der Waals surface area (Å²) in [5.74, 6) is 0.814. The highest BCUT2D eigenvalue weighted by Gasteiger charge is 2.31. The van der Waals surface area contributed by atoms with Crippen LogP contribution in [0.1, 0.15) is 0 Å². The lowest BCUT2D eigenvalue weighted by molar-refractivity contribution is -0.125. The minimum Gasteiger partial charge on any atom is -0.495 e. The molecule has 1 amide bonds. The first kappa shape index (κ1) is 20.5. The van der Waals surface area contributed by atoms with Crippen LogP contribution in [0.25, 0.3) is 0 Å². The molecular formula is C20H22N2O7S. The zero-order valence-corrected chi connectivity index (χ0v) is 17.2. The van der Waals surface area contributed by atoms with Crippen LogP contribution in [0.3, 0.4) is 0 Å². The number of nitrogens with zero attached hydrogens (tertiary/aromatic N) is 1. The van der Waals surface area contributed by atoms with E-state index in [2.05, 4.69) is 5.32 Å². The summed E-state index contributed by atoms with van der Waals surface area (Å²) in [6.45, 7) is 1.23. The maximum absolute atomic E-state index is 13.1. The van der Waals surface area contributed by atoms with Gasteiger partial charge in [-0.3, -0.25) is 4.79 Å². The van der Waals surface area contributed by atoms with E-state index >= 15 is 0 Å². The highest BCUT2D eigenvalue weighted by Crippen LogP contribution is 2.32. The number of para-hydroxylation sites is 2. The van der Waals surface area contributed by atoms with Crippen LogP contribution in [0.2, 0.25) is 0 Å². The average Bonchev–Trinajstić information content (AvgIpc) is 2.79. The summed E-state index contributed by atoms with van der Waals surface area (Å²) in [5, 5.41) is 2.70. The smallest absolute Gasteiger partial charge is 0.269 e. The Bertz CT molecular complexity index is 1040. The first-order chi connectivity index (χ1) is 14.5. The Labute approximate surface area is 174 Å². The van der Waals surface area contributed by atoms with Crippen molar-refractivity contribution in [1.29, 1.82) is 0 Å². The number of amides is 1. The minimum absolute atomic E-state index is 0.0177. The lowest BCUT2D eigenvalue weighted by atomic mass is 10.2. The van der Waals surface area contributed by atoms with Crippen LogP contribution in [0.15, 0.2) is 47.4 Å². The largest absolute Gasteiger partial charge is 0.495 e. The zero-order valence-electron chi connectivity index (χ0n) is 16.4. The standard InChI is InChI=1S/C20H22N2O7S/c1-26-17-7-6-14(12-19(17)30(24,25)22-8-10-27-11-9-22)21-20(23)18-13-28-15-4-2-3-5-16(15)29-18/h2-7,12,18H,8-11,13H2,1H3,(H,21,23)/t18-/m0/s1. The van der Waals surface area contributed by atoms with Gasteiger partial charge in [-0.1, -0.05) is 12.1 Å². The Morgan fingerprint density at radius 1 is 1.13 bits per heavy atom. The van der Waals surface area contributed by atoms with Gasteiger partial charge in [0, 0.05) is 18.8 Å². The highest BCUT2D eigenvalue weighted by molar-refractivity contribution is 7.89. The van der Waals surface area contributed by atoms with Gasteiger partial charge in [-0.2, -0.15) is 4.31 Å². The lowest BCUT2D eigenvalue weighted by Crippen LogP contribution is -2.41. The van der Waals surface area contributed by atoms with Crippen molar-refractivity contribution >= 4 is 21.6 Å². The molecule has 1 N–H and O–H groups in total. The molecule has 0 aromatic heterocycles. The molecule has 2 aliphatic heterocycles. The second-order valence-corrected chi connectivity index (χ2v) is 8.64. The summed E-state index contributed by atoms with van der Waals surface area (Å²) < 4.78 is 49.2. The molecule has 0 unspecified atom stereocenters. The van der Waals surface area contributed by atoms with E-state index in [0.717, 1.165) is 0 Å². The topological polar surface area (TPSA) is 103 Å². The summed E-state index contributed by atoms with van der Waals surface area (Å²) in [6, 6.07) is 11.6. The summed E-state index contributed by atoms with van der Waals surface area (Å²) in [4.78, 5) is 12.7. The van der Waals surface area contributed by atoms with Crippen molar-refractivity contribution in [3.8, 4) is 17.2 Å². The third kappa shape index (κ3) is 4.07. The first-order valence-electron chi connectivity index (χ1n) is 9.44. The highest BCUT2D eigenvalue weighted by atomic mass is 32.2. The van der Waals surface area contributed by atoms with Crippen molar-refractivity contribution in [2.45, 2.75) is 11.0 Å². The van der Waals surface area contributed by atoms with Crippen molar-refractivity contribution < 1.29 is 32.2 Å². The molecule has 9 nitrogen and oxygen atoms in total. The predicted octanol–water partition coefficient (Wildman–Crippen LogP) is 1.49. The second-order valence-electron chi connectivity index (χ2n) is 6.74. The average molecular weight is 434 g/mol. The number of carbonyl (C=O) groups excluding carboxylic acids is 1. The Morgan fingerprint density at radius 2 is 1.87 bits per heavy atom. The number of sulfonamides is 1. The van der Waals surface area contributed by atoms with Gasteiger partial charge in [-0.05, 0) is 30.3 Å². The minimum atomic E-state index is -3.81. The molecule has 4 rings (SSSR count). The van der Waals surface area contributed by atoms with Crippen LogP contribution in [-0.2, 0) is 19.6 Å².